The molecule has 0 spiro atoms. The maximum atomic E-state index is 6.29. The van der Waals surface area contributed by atoms with E-state index in [1.54, 1.807) is 6.08 Å². The number of hydrogen-bond donors (Lipinski definition) is 4. The van der Waals surface area contributed by atoms with Crippen molar-refractivity contribution < 1.29 is 0 Å². The summed E-state index contributed by atoms with van der Waals surface area (Å²) in [4.78, 5) is 0. The van der Waals surface area contributed by atoms with Crippen LogP contribution >= 0.6 is 0 Å². The van der Waals surface area contributed by atoms with E-state index in [9.17, 15) is 0 Å². The van der Waals surface area contributed by atoms with Crippen LogP contribution in [0, 0.1) is 0 Å². The maximum absolute atomic E-state index is 6.29. The molecule has 1 aliphatic rings. The molecule has 0 saturated carbocycles. The van der Waals surface area contributed by atoms with Crippen molar-refractivity contribution in [1.82, 2.24) is 0 Å². The molecule has 16 heavy (non-hydrogen) atoms. The number of benzene rings is 1. The zero-order valence-corrected chi connectivity index (χ0v) is 8.98. The summed E-state index contributed by atoms with van der Waals surface area (Å²) in [6, 6.07) is 7.51. The van der Waals surface area contributed by atoms with E-state index >= 15 is 0 Å². The summed E-state index contributed by atoms with van der Waals surface area (Å²) in [7, 11) is 0. The fourth-order valence-corrected chi connectivity index (χ4v) is 1.85. The van der Waals surface area contributed by atoms with Gasteiger partial charge in [0.15, 0.2) is 0 Å². The third-order valence-electron chi connectivity index (χ3n) is 2.84. The van der Waals surface area contributed by atoms with E-state index < -0.39 is 5.54 Å². The standard InChI is InChI=1S/C12H16N4/c13-9-3-1-2-8(6-9)12(16)5-4-10(14)11(15)7-12/h1-6H,7,13-16H2. The molecule has 4 nitrogen and oxygen atoms in total. The highest BCUT2D eigenvalue weighted by Crippen LogP contribution is 2.30. The van der Waals surface area contributed by atoms with Crippen LogP contribution < -0.4 is 22.9 Å². The summed E-state index contributed by atoms with van der Waals surface area (Å²) in [5.74, 6) is 0. The van der Waals surface area contributed by atoms with Gasteiger partial charge >= 0.3 is 0 Å². The van der Waals surface area contributed by atoms with E-state index in [2.05, 4.69) is 0 Å². The van der Waals surface area contributed by atoms with Crippen LogP contribution in [0.2, 0.25) is 0 Å². The molecule has 1 atom stereocenters. The highest BCUT2D eigenvalue weighted by molar-refractivity contribution is 5.47. The van der Waals surface area contributed by atoms with Crippen molar-refractivity contribution >= 4 is 5.69 Å². The molecule has 0 amide bonds. The van der Waals surface area contributed by atoms with Crippen molar-refractivity contribution in [2.45, 2.75) is 12.0 Å². The molecule has 0 aromatic heterocycles. The summed E-state index contributed by atoms with van der Waals surface area (Å²) in [5, 5.41) is 0. The lowest BCUT2D eigenvalue weighted by atomic mass is 9.83. The monoisotopic (exact) mass is 216 g/mol. The van der Waals surface area contributed by atoms with Gasteiger partial charge in [0.2, 0.25) is 0 Å². The van der Waals surface area contributed by atoms with E-state index in [1.165, 1.54) is 0 Å². The van der Waals surface area contributed by atoms with Crippen molar-refractivity contribution in [2.24, 2.45) is 17.2 Å². The Kier molecular flexibility index (Phi) is 2.36. The van der Waals surface area contributed by atoms with Gasteiger partial charge in [-0.15, -0.1) is 0 Å². The summed E-state index contributed by atoms with van der Waals surface area (Å²) in [6.45, 7) is 0. The van der Waals surface area contributed by atoms with Gasteiger partial charge in [0.05, 0.1) is 11.2 Å². The number of allylic oxidation sites excluding steroid dienone is 1. The van der Waals surface area contributed by atoms with Crippen molar-refractivity contribution in [3.8, 4) is 0 Å². The highest BCUT2D eigenvalue weighted by Gasteiger charge is 2.28. The largest absolute Gasteiger partial charge is 0.400 e. The molecule has 0 radical (unpaired) electrons. The molecule has 4 heteroatoms. The second-order valence-corrected chi connectivity index (χ2v) is 4.16. The third kappa shape index (κ3) is 1.75. The van der Waals surface area contributed by atoms with E-state index in [0.717, 1.165) is 5.56 Å². The molecule has 0 fully saturated rings. The number of rotatable bonds is 1. The van der Waals surface area contributed by atoms with E-state index in [4.69, 9.17) is 22.9 Å². The Balaban J connectivity index is 2.39. The van der Waals surface area contributed by atoms with Crippen LogP contribution in [0.25, 0.3) is 0 Å². The predicted molar refractivity (Wildman–Crippen MR) is 65.9 cm³/mol. The predicted octanol–water partition coefficient (Wildman–Crippen LogP) is 0.512. The lowest BCUT2D eigenvalue weighted by Crippen LogP contribution is -2.38. The zero-order valence-electron chi connectivity index (χ0n) is 8.98. The minimum Gasteiger partial charge on any atom is -0.400 e. The summed E-state index contributed by atoms with van der Waals surface area (Å²) in [6.07, 6.45) is 4.13. The van der Waals surface area contributed by atoms with Gasteiger partial charge in [0.25, 0.3) is 0 Å². The fraction of sp³-hybridized carbons (Fsp3) is 0.167. The van der Waals surface area contributed by atoms with Gasteiger partial charge in [0.1, 0.15) is 0 Å². The molecular formula is C12H16N4. The van der Waals surface area contributed by atoms with Gasteiger partial charge in [-0.1, -0.05) is 18.2 Å². The van der Waals surface area contributed by atoms with Crippen molar-refractivity contribution in [1.29, 1.82) is 0 Å². The minimum absolute atomic E-state index is 0.513. The van der Waals surface area contributed by atoms with Crippen molar-refractivity contribution in [3.63, 3.8) is 0 Å². The first-order chi connectivity index (χ1) is 7.51. The van der Waals surface area contributed by atoms with Crippen LogP contribution in [0.4, 0.5) is 5.69 Å². The molecule has 0 saturated heterocycles. The Morgan fingerprint density at radius 2 is 1.88 bits per heavy atom. The number of nitrogens with two attached hydrogens (primary N) is 4. The molecule has 84 valence electrons. The first kappa shape index (κ1) is 10.6. The lowest BCUT2D eigenvalue weighted by Gasteiger charge is -2.30. The van der Waals surface area contributed by atoms with E-state index in [-0.39, 0.29) is 0 Å². The van der Waals surface area contributed by atoms with Gasteiger partial charge in [-0.25, -0.2) is 0 Å². The first-order valence-electron chi connectivity index (χ1n) is 5.09. The lowest BCUT2D eigenvalue weighted by molar-refractivity contribution is 0.541. The second-order valence-electron chi connectivity index (χ2n) is 4.16. The Morgan fingerprint density at radius 3 is 2.50 bits per heavy atom. The zero-order chi connectivity index (χ0) is 11.8. The fourth-order valence-electron chi connectivity index (χ4n) is 1.85. The highest BCUT2D eigenvalue weighted by atomic mass is 14.8. The maximum Gasteiger partial charge on any atom is 0.0655 e. The van der Waals surface area contributed by atoms with Crippen LogP contribution in [0.15, 0.2) is 47.8 Å². The smallest absolute Gasteiger partial charge is 0.0655 e. The van der Waals surface area contributed by atoms with Gasteiger partial charge < -0.3 is 22.9 Å². The Hall–Kier alpha value is -1.94. The van der Waals surface area contributed by atoms with Gasteiger partial charge in [-0.2, -0.15) is 0 Å². The molecule has 1 unspecified atom stereocenters. The van der Waals surface area contributed by atoms with Crippen LogP contribution in [0.1, 0.15) is 12.0 Å². The van der Waals surface area contributed by atoms with Crippen LogP contribution in [-0.4, -0.2) is 0 Å². The summed E-state index contributed by atoms with van der Waals surface area (Å²) < 4.78 is 0. The number of hydrogen-bond acceptors (Lipinski definition) is 4. The average Bonchev–Trinajstić information content (AvgIpc) is 2.24. The quantitative estimate of drug-likeness (QED) is 0.513. The SMILES string of the molecule is NC1=C(N)CC(N)(c2cccc(N)c2)C=C1. The molecule has 1 aromatic carbocycles. The molecule has 2 rings (SSSR count). The van der Waals surface area contributed by atoms with Crippen LogP contribution in [0.3, 0.4) is 0 Å². The molecule has 1 aromatic rings. The first-order valence-corrected chi connectivity index (χ1v) is 5.09. The van der Waals surface area contributed by atoms with Crippen LogP contribution in [0.5, 0.6) is 0 Å². The average molecular weight is 216 g/mol. The topological polar surface area (TPSA) is 104 Å². The molecule has 0 bridgehead atoms. The van der Waals surface area contributed by atoms with Gasteiger partial charge in [0, 0.05) is 17.8 Å². The van der Waals surface area contributed by atoms with E-state index in [1.807, 2.05) is 30.3 Å². The Labute approximate surface area is 94.6 Å². The normalized spacial score (nSPS) is 24.8. The molecule has 0 heterocycles. The minimum atomic E-state index is -0.609. The van der Waals surface area contributed by atoms with Gasteiger partial charge in [-0.3, -0.25) is 0 Å². The number of nitrogen functional groups attached to an aromatic ring is 1. The summed E-state index contributed by atoms with van der Waals surface area (Å²) >= 11 is 0. The molecule has 8 N–H and O–H groups in total. The number of anilines is 1. The molecule has 0 aliphatic heterocycles. The molecule has 1 aliphatic carbocycles. The Morgan fingerprint density at radius 1 is 1.12 bits per heavy atom. The van der Waals surface area contributed by atoms with Crippen molar-refractivity contribution in [3.05, 3.63) is 53.4 Å². The molecular weight excluding hydrogens is 200 g/mol. The second kappa shape index (κ2) is 3.57. The van der Waals surface area contributed by atoms with E-state index in [0.29, 0.717) is 23.5 Å². The third-order valence-corrected chi connectivity index (χ3v) is 2.84. The van der Waals surface area contributed by atoms with Crippen LogP contribution in [-0.2, 0) is 5.54 Å². The summed E-state index contributed by atoms with van der Waals surface area (Å²) in [5.41, 5.74) is 25.8. The Bertz CT molecular complexity index is 476. The van der Waals surface area contributed by atoms with Gasteiger partial charge in [-0.05, 0) is 23.8 Å². The van der Waals surface area contributed by atoms with Crippen molar-refractivity contribution in [2.75, 3.05) is 5.73 Å².